The van der Waals surface area contributed by atoms with Crippen molar-refractivity contribution >= 4 is 0 Å². The lowest BCUT2D eigenvalue weighted by atomic mass is 10.1. The van der Waals surface area contributed by atoms with Crippen molar-refractivity contribution in [1.29, 1.82) is 0 Å². The van der Waals surface area contributed by atoms with Gasteiger partial charge in [0, 0.05) is 0 Å². The third kappa shape index (κ3) is 2.65. The third-order valence-electron chi connectivity index (χ3n) is 1.90. The molecule has 0 aliphatic carbocycles. The fourth-order valence-corrected chi connectivity index (χ4v) is 1.15. The van der Waals surface area contributed by atoms with Crippen LogP contribution in [0.15, 0.2) is 18.2 Å². The first-order valence-electron chi connectivity index (χ1n) is 4.72. The summed E-state index contributed by atoms with van der Waals surface area (Å²) in [5.41, 5.74) is 0.939. The second kappa shape index (κ2) is 4.75. The Bertz CT molecular complexity index is 269. The van der Waals surface area contributed by atoms with Gasteiger partial charge in [0.15, 0.2) is 0 Å². The lowest BCUT2D eigenvalue weighted by Gasteiger charge is -2.07. The van der Waals surface area contributed by atoms with Crippen molar-refractivity contribution in [3.05, 3.63) is 23.8 Å². The van der Waals surface area contributed by atoms with E-state index in [4.69, 9.17) is 4.74 Å². The highest BCUT2D eigenvalue weighted by molar-refractivity contribution is 5.39. The number of ether oxygens (including phenoxy) is 1. The fraction of sp³-hybridized carbons (Fsp3) is 0.455. The van der Waals surface area contributed by atoms with E-state index < -0.39 is 0 Å². The second-order valence-corrected chi connectivity index (χ2v) is 2.99. The van der Waals surface area contributed by atoms with E-state index >= 15 is 0 Å². The third-order valence-corrected chi connectivity index (χ3v) is 1.90. The van der Waals surface area contributed by atoms with Crippen LogP contribution in [0.1, 0.15) is 25.8 Å². The molecular formula is C11H16O2. The minimum absolute atomic E-state index is 0.353. The molecule has 0 saturated carbocycles. The van der Waals surface area contributed by atoms with E-state index in [2.05, 4.69) is 6.92 Å². The van der Waals surface area contributed by atoms with Crippen LogP contribution in [0.2, 0.25) is 0 Å². The first-order chi connectivity index (χ1) is 6.27. The van der Waals surface area contributed by atoms with Crippen LogP contribution in [0.25, 0.3) is 0 Å². The first-order valence-corrected chi connectivity index (χ1v) is 4.72. The van der Waals surface area contributed by atoms with Crippen molar-refractivity contribution in [3.8, 4) is 11.5 Å². The number of rotatable bonds is 4. The molecule has 1 aromatic carbocycles. The maximum Gasteiger partial charge on any atom is 0.119 e. The van der Waals surface area contributed by atoms with E-state index in [-0.39, 0.29) is 0 Å². The van der Waals surface area contributed by atoms with Gasteiger partial charge in [0.1, 0.15) is 11.5 Å². The summed E-state index contributed by atoms with van der Waals surface area (Å²) in [5, 5.41) is 9.40. The summed E-state index contributed by atoms with van der Waals surface area (Å²) in [6.45, 7) is 4.81. The van der Waals surface area contributed by atoms with Crippen LogP contribution < -0.4 is 4.74 Å². The van der Waals surface area contributed by atoms with Crippen LogP contribution in [-0.2, 0) is 6.42 Å². The summed E-state index contributed by atoms with van der Waals surface area (Å²) in [6, 6.07) is 5.37. The zero-order valence-corrected chi connectivity index (χ0v) is 8.21. The van der Waals surface area contributed by atoms with Gasteiger partial charge in [-0.2, -0.15) is 0 Å². The average molecular weight is 180 g/mol. The van der Waals surface area contributed by atoms with Crippen LogP contribution in [0, 0.1) is 0 Å². The van der Waals surface area contributed by atoms with Crippen molar-refractivity contribution in [3.63, 3.8) is 0 Å². The van der Waals surface area contributed by atoms with Gasteiger partial charge in [-0.1, -0.05) is 13.8 Å². The minimum atomic E-state index is 0.353. The molecule has 0 saturated heterocycles. The average Bonchev–Trinajstić information content (AvgIpc) is 2.16. The highest BCUT2D eigenvalue weighted by atomic mass is 16.5. The number of phenolic OH excluding ortho intramolecular Hbond substituents is 1. The van der Waals surface area contributed by atoms with E-state index in [9.17, 15) is 5.11 Å². The SMILES string of the molecule is CCCOc1ccc(O)c(CC)c1. The Morgan fingerprint density at radius 1 is 1.31 bits per heavy atom. The fourth-order valence-electron chi connectivity index (χ4n) is 1.15. The monoisotopic (exact) mass is 180 g/mol. The van der Waals surface area contributed by atoms with E-state index in [1.807, 2.05) is 13.0 Å². The van der Waals surface area contributed by atoms with Crippen molar-refractivity contribution in [2.45, 2.75) is 26.7 Å². The Morgan fingerprint density at radius 3 is 2.69 bits per heavy atom. The van der Waals surface area contributed by atoms with Gasteiger partial charge >= 0.3 is 0 Å². The van der Waals surface area contributed by atoms with Crippen molar-refractivity contribution < 1.29 is 9.84 Å². The van der Waals surface area contributed by atoms with Crippen LogP contribution >= 0.6 is 0 Å². The molecule has 0 aliphatic rings. The summed E-state index contributed by atoms with van der Waals surface area (Å²) in [6.07, 6.45) is 1.83. The summed E-state index contributed by atoms with van der Waals surface area (Å²) in [7, 11) is 0. The molecule has 2 heteroatoms. The van der Waals surface area contributed by atoms with E-state index in [1.165, 1.54) is 0 Å². The molecular weight excluding hydrogens is 164 g/mol. The van der Waals surface area contributed by atoms with Crippen molar-refractivity contribution in [1.82, 2.24) is 0 Å². The van der Waals surface area contributed by atoms with Crippen LogP contribution in [0.4, 0.5) is 0 Å². The van der Waals surface area contributed by atoms with Crippen molar-refractivity contribution in [2.75, 3.05) is 6.61 Å². The maximum atomic E-state index is 9.40. The second-order valence-electron chi connectivity index (χ2n) is 2.99. The molecule has 0 aliphatic heterocycles. The molecule has 2 nitrogen and oxygen atoms in total. The minimum Gasteiger partial charge on any atom is -0.508 e. The molecule has 0 aromatic heterocycles. The molecule has 72 valence electrons. The van der Waals surface area contributed by atoms with E-state index in [1.54, 1.807) is 12.1 Å². The zero-order chi connectivity index (χ0) is 9.68. The predicted octanol–water partition coefficient (Wildman–Crippen LogP) is 2.74. The van der Waals surface area contributed by atoms with Crippen LogP contribution in [0.3, 0.4) is 0 Å². The van der Waals surface area contributed by atoms with Gasteiger partial charge < -0.3 is 9.84 Å². The molecule has 0 atom stereocenters. The van der Waals surface area contributed by atoms with Gasteiger partial charge in [-0.25, -0.2) is 0 Å². The van der Waals surface area contributed by atoms with Gasteiger partial charge in [0.2, 0.25) is 0 Å². The van der Waals surface area contributed by atoms with Gasteiger partial charge in [0.25, 0.3) is 0 Å². The number of phenols is 1. The number of aryl methyl sites for hydroxylation is 1. The van der Waals surface area contributed by atoms with Crippen molar-refractivity contribution in [2.24, 2.45) is 0 Å². The van der Waals surface area contributed by atoms with Crippen LogP contribution in [-0.4, -0.2) is 11.7 Å². The van der Waals surface area contributed by atoms with Gasteiger partial charge in [-0.3, -0.25) is 0 Å². The first kappa shape index (κ1) is 9.90. The zero-order valence-electron chi connectivity index (χ0n) is 8.21. The van der Waals surface area contributed by atoms with E-state index in [0.717, 1.165) is 30.8 Å². The summed E-state index contributed by atoms with van der Waals surface area (Å²) in [5.74, 6) is 1.20. The van der Waals surface area contributed by atoms with Gasteiger partial charge in [0.05, 0.1) is 6.61 Å². The van der Waals surface area contributed by atoms with Gasteiger partial charge in [-0.15, -0.1) is 0 Å². The molecule has 0 unspecified atom stereocenters. The predicted molar refractivity (Wildman–Crippen MR) is 53.3 cm³/mol. The molecule has 1 aromatic rings. The Kier molecular flexibility index (Phi) is 3.62. The summed E-state index contributed by atoms with van der Waals surface area (Å²) in [4.78, 5) is 0. The highest BCUT2D eigenvalue weighted by Gasteiger charge is 2.00. The number of benzene rings is 1. The Morgan fingerprint density at radius 2 is 2.08 bits per heavy atom. The normalized spacial score (nSPS) is 10.0. The Labute approximate surface area is 79.2 Å². The Balaban J connectivity index is 2.74. The number of hydrogen-bond donors (Lipinski definition) is 1. The standard InChI is InChI=1S/C11H16O2/c1-3-7-13-10-5-6-11(12)9(4-2)8-10/h5-6,8,12H,3-4,7H2,1-2H3. The molecule has 1 N–H and O–H groups in total. The summed E-state index contributed by atoms with van der Waals surface area (Å²) < 4.78 is 5.44. The van der Waals surface area contributed by atoms with Crippen LogP contribution in [0.5, 0.6) is 11.5 Å². The quantitative estimate of drug-likeness (QED) is 0.772. The molecule has 0 radical (unpaired) electrons. The molecule has 0 spiro atoms. The maximum absolute atomic E-state index is 9.40. The van der Waals surface area contributed by atoms with Gasteiger partial charge in [-0.05, 0) is 36.6 Å². The topological polar surface area (TPSA) is 29.5 Å². The Hall–Kier alpha value is -1.18. The molecule has 0 heterocycles. The number of aromatic hydroxyl groups is 1. The molecule has 0 bridgehead atoms. The summed E-state index contributed by atoms with van der Waals surface area (Å²) >= 11 is 0. The highest BCUT2D eigenvalue weighted by Crippen LogP contribution is 2.23. The largest absolute Gasteiger partial charge is 0.508 e. The molecule has 0 amide bonds. The lowest BCUT2D eigenvalue weighted by molar-refractivity contribution is 0.316. The smallest absolute Gasteiger partial charge is 0.119 e. The molecule has 13 heavy (non-hydrogen) atoms. The molecule has 1 rings (SSSR count). The van der Waals surface area contributed by atoms with E-state index in [0.29, 0.717) is 5.75 Å². The number of hydrogen-bond acceptors (Lipinski definition) is 2. The lowest BCUT2D eigenvalue weighted by Crippen LogP contribution is -1.95. The molecule has 0 fully saturated rings.